The number of ether oxygens (including phenoxy) is 3. The maximum absolute atomic E-state index is 5.98. The molecule has 0 aliphatic rings. The van der Waals surface area contributed by atoms with Gasteiger partial charge in [0.1, 0.15) is 25.2 Å². The number of rotatable bonds is 12. The predicted molar refractivity (Wildman–Crippen MR) is 118 cm³/mol. The van der Waals surface area contributed by atoms with Gasteiger partial charge in [0.05, 0.1) is 18.9 Å². The Morgan fingerprint density at radius 3 is 2.23 bits per heavy atom. The standard InChI is InChI=1S/C23H31N3O4/c1-6-7-10-28-21-13-17(2)22(18(3)14-21)29-11-8-9-12-30-23-24-15-20(16-25-23)19(4)26-27-5/h6-7,13-16H,8-12H2,1-5H3/b7-6+,26-19?. The molecule has 0 bridgehead atoms. The molecule has 0 saturated heterocycles. The number of hydrogen-bond acceptors (Lipinski definition) is 7. The van der Waals surface area contributed by atoms with Crippen LogP contribution in [0.15, 0.2) is 41.8 Å². The topological polar surface area (TPSA) is 75.1 Å². The van der Waals surface area contributed by atoms with Crippen LogP contribution in [0, 0.1) is 13.8 Å². The van der Waals surface area contributed by atoms with Gasteiger partial charge in [-0.05, 0) is 63.8 Å². The number of hydrogen-bond donors (Lipinski definition) is 0. The second-order valence-corrected chi connectivity index (χ2v) is 6.78. The van der Waals surface area contributed by atoms with Crippen LogP contribution >= 0.6 is 0 Å². The van der Waals surface area contributed by atoms with Crippen molar-refractivity contribution in [1.82, 2.24) is 9.97 Å². The lowest BCUT2D eigenvalue weighted by molar-refractivity contribution is 0.213. The van der Waals surface area contributed by atoms with Gasteiger partial charge in [0.2, 0.25) is 0 Å². The highest BCUT2D eigenvalue weighted by atomic mass is 16.6. The summed E-state index contributed by atoms with van der Waals surface area (Å²) in [6.45, 7) is 9.60. The van der Waals surface area contributed by atoms with Gasteiger partial charge in [-0.1, -0.05) is 17.3 Å². The van der Waals surface area contributed by atoms with Crippen molar-refractivity contribution >= 4 is 5.71 Å². The summed E-state index contributed by atoms with van der Waals surface area (Å²) in [6.07, 6.45) is 9.00. The molecule has 0 N–H and O–H groups in total. The van der Waals surface area contributed by atoms with E-state index in [4.69, 9.17) is 19.0 Å². The number of aromatic nitrogens is 2. The molecule has 0 fully saturated rings. The highest BCUT2D eigenvalue weighted by Gasteiger charge is 2.07. The van der Waals surface area contributed by atoms with Gasteiger partial charge >= 0.3 is 6.01 Å². The quantitative estimate of drug-likeness (QED) is 0.218. The summed E-state index contributed by atoms with van der Waals surface area (Å²) in [7, 11) is 1.50. The molecular weight excluding hydrogens is 382 g/mol. The molecule has 162 valence electrons. The minimum atomic E-state index is 0.352. The van der Waals surface area contributed by atoms with Gasteiger partial charge in [0.25, 0.3) is 0 Å². The molecule has 0 spiro atoms. The fourth-order valence-corrected chi connectivity index (χ4v) is 2.77. The van der Waals surface area contributed by atoms with E-state index in [-0.39, 0.29) is 0 Å². The van der Waals surface area contributed by atoms with E-state index in [1.807, 2.05) is 52.0 Å². The Hall–Kier alpha value is -3.09. The van der Waals surface area contributed by atoms with Crippen LogP contribution in [0.5, 0.6) is 17.5 Å². The van der Waals surface area contributed by atoms with Crippen molar-refractivity contribution in [2.24, 2.45) is 5.16 Å². The van der Waals surface area contributed by atoms with Gasteiger partial charge in [0.15, 0.2) is 0 Å². The van der Waals surface area contributed by atoms with E-state index in [0.717, 1.165) is 41.0 Å². The molecule has 30 heavy (non-hydrogen) atoms. The summed E-state index contributed by atoms with van der Waals surface area (Å²) < 4.78 is 17.3. The van der Waals surface area contributed by atoms with Crippen molar-refractivity contribution < 1.29 is 19.0 Å². The Labute approximate surface area is 178 Å². The van der Waals surface area contributed by atoms with Crippen molar-refractivity contribution in [2.45, 2.75) is 40.5 Å². The number of unbranched alkanes of at least 4 members (excludes halogenated alkanes) is 1. The minimum absolute atomic E-state index is 0.352. The van der Waals surface area contributed by atoms with Crippen LogP contribution < -0.4 is 14.2 Å². The Bertz CT molecular complexity index is 825. The van der Waals surface area contributed by atoms with Crippen LogP contribution in [0.2, 0.25) is 0 Å². The minimum Gasteiger partial charge on any atom is -0.493 e. The average Bonchev–Trinajstić information content (AvgIpc) is 2.73. The average molecular weight is 414 g/mol. The second kappa shape index (κ2) is 12.5. The van der Waals surface area contributed by atoms with Gasteiger partial charge in [-0.15, -0.1) is 0 Å². The Balaban J connectivity index is 1.72. The third-order valence-electron chi connectivity index (χ3n) is 4.31. The van der Waals surface area contributed by atoms with Gasteiger partial charge in [-0.2, -0.15) is 0 Å². The van der Waals surface area contributed by atoms with Crippen LogP contribution in [-0.4, -0.2) is 42.6 Å². The third kappa shape index (κ3) is 7.39. The predicted octanol–water partition coefficient (Wildman–Crippen LogP) is 4.66. The molecule has 1 aromatic heterocycles. The zero-order chi connectivity index (χ0) is 21.8. The van der Waals surface area contributed by atoms with Crippen molar-refractivity contribution in [1.29, 1.82) is 0 Å². The van der Waals surface area contributed by atoms with E-state index in [0.29, 0.717) is 31.5 Å². The number of aryl methyl sites for hydroxylation is 2. The largest absolute Gasteiger partial charge is 0.493 e. The number of oxime groups is 1. The third-order valence-corrected chi connectivity index (χ3v) is 4.31. The highest BCUT2D eigenvalue weighted by molar-refractivity contribution is 5.97. The van der Waals surface area contributed by atoms with Gasteiger partial charge in [-0.3, -0.25) is 0 Å². The van der Waals surface area contributed by atoms with Crippen LogP contribution in [0.25, 0.3) is 0 Å². The maximum Gasteiger partial charge on any atom is 0.316 e. The lowest BCUT2D eigenvalue weighted by Gasteiger charge is -2.14. The summed E-state index contributed by atoms with van der Waals surface area (Å²) in [5.41, 5.74) is 3.65. The fourth-order valence-electron chi connectivity index (χ4n) is 2.77. The Kier molecular flexibility index (Phi) is 9.64. The van der Waals surface area contributed by atoms with Crippen LogP contribution in [0.1, 0.15) is 43.4 Å². The molecule has 2 aromatic rings. The van der Waals surface area contributed by atoms with E-state index < -0.39 is 0 Å². The maximum atomic E-state index is 5.98. The van der Waals surface area contributed by atoms with Crippen LogP contribution in [0.3, 0.4) is 0 Å². The Morgan fingerprint density at radius 1 is 1.00 bits per heavy atom. The SMILES string of the molecule is C/C=C/COc1cc(C)c(OCCCCOc2ncc(C(C)=NOC)cn2)c(C)c1. The first-order valence-corrected chi connectivity index (χ1v) is 10.1. The van der Waals surface area contributed by atoms with Crippen LogP contribution in [0.4, 0.5) is 0 Å². The summed E-state index contributed by atoms with van der Waals surface area (Å²) in [5, 5.41) is 3.85. The molecule has 0 radical (unpaired) electrons. The molecule has 2 rings (SSSR count). The molecule has 7 nitrogen and oxygen atoms in total. The normalized spacial score (nSPS) is 11.6. The molecule has 0 saturated carbocycles. The molecule has 1 aromatic carbocycles. The molecule has 0 atom stereocenters. The van der Waals surface area contributed by atoms with E-state index in [2.05, 4.69) is 15.1 Å². The fraction of sp³-hybridized carbons (Fsp3) is 0.435. The first kappa shape index (κ1) is 23.2. The van der Waals surface area contributed by atoms with Crippen molar-refractivity contribution in [3.05, 3.63) is 53.4 Å². The molecule has 0 aliphatic carbocycles. The highest BCUT2D eigenvalue weighted by Crippen LogP contribution is 2.28. The van der Waals surface area contributed by atoms with E-state index in [9.17, 15) is 0 Å². The molecule has 1 heterocycles. The molecular formula is C23H31N3O4. The van der Waals surface area contributed by atoms with Crippen molar-refractivity contribution in [3.8, 4) is 17.5 Å². The first-order chi connectivity index (χ1) is 14.5. The summed E-state index contributed by atoms with van der Waals surface area (Å²) >= 11 is 0. The molecule has 7 heteroatoms. The van der Waals surface area contributed by atoms with Gasteiger partial charge in [-0.25, -0.2) is 9.97 Å². The van der Waals surface area contributed by atoms with E-state index >= 15 is 0 Å². The molecule has 0 amide bonds. The summed E-state index contributed by atoms with van der Waals surface area (Å²) in [6, 6.07) is 4.37. The van der Waals surface area contributed by atoms with E-state index in [1.54, 1.807) is 12.4 Å². The van der Waals surface area contributed by atoms with Gasteiger partial charge in [0, 0.05) is 18.0 Å². The number of benzene rings is 1. The zero-order valence-corrected chi connectivity index (χ0v) is 18.5. The van der Waals surface area contributed by atoms with E-state index in [1.165, 1.54) is 7.11 Å². The number of allylic oxidation sites excluding steroid dienone is 1. The van der Waals surface area contributed by atoms with Crippen molar-refractivity contribution in [2.75, 3.05) is 26.9 Å². The smallest absolute Gasteiger partial charge is 0.316 e. The second-order valence-electron chi connectivity index (χ2n) is 6.78. The lowest BCUT2D eigenvalue weighted by Crippen LogP contribution is -2.06. The first-order valence-electron chi connectivity index (χ1n) is 10.1. The Morgan fingerprint density at radius 2 is 1.63 bits per heavy atom. The van der Waals surface area contributed by atoms with Crippen molar-refractivity contribution in [3.63, 3.8) is 0 Å². The zero-order valence-electron chi connectivity index (χ0n) is 18.5. The van der Waals surface area contributed by atoms with Crippen LogP contribution in [-0.2, 0) is 4.84 Å². The van der Waals surface area contributed by atoms with Gasteiger partial charge < -0.3 is 19.0 Å². The number of nitrogens with zero attached hydrogens (tertiary/aromatic N) is 3. The monoisotopic (exact) mass is 413 g/mol. The lowest BCUT2D eigenvalue weighted by atomic mass is 10.1. The molecule has 0 unspecified atom stereocenters. The summed E-state index contributed by atoms with van der Waals surface area (Å²) in [5.74, 6) is 1.78. The molecule has 0 aliphatic heterocycles. The summed E-state index contributed by atoms with van der Waals surface area (Å²) in [4.78, 5) is 13.1.